The van der Waals surface area contributed by atoms with E-state index in [9.17, 15) is 8.78 Å². The molecule has 1 N–H and O–H groups in total. The highest BCUT2D eigenvalue weighted by Crippen LogP contribution is 2.33. The molecule has 0 spiro atoms. The van der Waals surface area contributed by atoms with Gasteiger partial charge < -0.3 is 5.32 Å². The largest absolute Gasteiger partial charge is 0.317 e. The Morgan fingerprint density at radius 1 is 1.18 bits per heavy atom. The second-order valence-corrected chi connectivity index (χ2v) is 4.87. The van der Waals surface area contributed by atoms with Gasteiger partial charge in [0, 0.05) is 12.1 Å². The van der Waals surface area contributed by atoms with Gasteiger partial charge >= 0.3 is 0 Å². The molecule has 0 radical (unpaired) electrons. The van der Waals surface area contributed by atoms with Crippen molar-refractivity contribution in [3.63, 3.8) is 0 Å². The van der Waals surface area contributed by atoms with E-state index in [0.717, 1.165) is 31.7 Å². The van der Waals surface area contributed by atoms with Crippen LogP contribution in [-0.4, -0.2) is 13.1 Å². The van der Waals surface area contributed by atoms with Crippen molar-refractivity contribution in [3.05, 3.63) is 35.4 Å². The van der Waals surface area contributed by atoms with Crippen LogP contribution in [0.2, 0.25) is 0 Å². The molecule has 1 aromatic carbocycles. The van der Waals surface area contributed by atoms with Crippen LogP contribution in [0.15, 0.2) is 18.2 Å². The van der Waals surface area contributed by atoms with E-state index in [-0.39, 0.29) is 5.92 Å². The van der Waals surface area contributed by atoms with Gasteiger partial charge in [-0.25, -0.2) is 8.78 Å². The molecule has 0 heterocycles. The molecular formula is C14H19F2N. The van der Waals surface area contributed by atoms with Crippen molar-refractivity contribution >= 4 is 0 Å². The Balaban J connectivity index is 2.19. The summed E-state index contributed by atoms with van der Waals surface area (Å²) in [5.41, 5.74) is 0.675. The molecular weight excluding hydrogens is 220 g/mol. The summed E-state index contributed by atoms with van der Waals surface area (Å²) < 4.78 is 26.6. The molecule has 2 rings (SSSR count). The van der Waals surface area contributed by atoms with Gasteiger partial charge in [0.2, 0.25) is 0 Å². The Morgan fingerprint density at radius 3 is 2.65 bits per heavy atom. The highest BCUT2D eigenvalue weighted by atomic mass is 19.1. The maximum Gasteiger partial charge on any atom is 0.129 e. The SMILES string of the molecule is CNC1CCCCC(c2ccc(F)cc2F)C1. The van der Waals surface area contributed by atoms with Crippen molar-refractivity contribution in [3.8, 4) is 0 Å². The number of nitrogens with one attached hydrogen (secondary N) is 1. The van der Waals surface area contributed by atoms with Crippen LogP contribution in [0.5, 0.6) is 0 Å². The zero-order valence-electron chi connectivity index (χ0n) is 10.2. The standard InChI is InChI=1S/C14H19F2N/c1-17-12-5-3-2-4-10(8-12)13-7-6-11(15)9-14(13)16/h6-7,9-10,12,17H,2-5,8H2,1H3. The van der Waals surface area contributed by atoms with E-state index in [1.165, 1.54) is 12.5 Å². The zero-order chi connectivity index (χ0) is 12.3. The minimum absolute atomic E-state index is 0.218. The first kappa shape index (κ1) is 12.5. The van der Waals surface area contributed by atoms with Crippen LogP contribution in [0.3, 0.4) is 0 Å². The minimum Gasteiger partial charge on any atom is -0.317 e. The summed E-state index contributed by atoms with van der Waals surface area (Å²) in [4.78, 5) is 0. The lowest BCUT2D eigenvalue weighted by Gasteiger charge is -2.20. The van der Waals surface area contributed by atoms with Crippen molar-refractivity contribution in [1.29, 1.82) is 0 Å². The molecule has 0 bridgehead atoms. The van der Waals surface area contributed by atoms with Gasteiger partial charge in [-0.15, -0.1) is 0 Å². The lowest BCUT2D eigenvalue weighted by atomic mass is 9.90. The fourth-order valence-electron chi connectivity index (χ4n) is 2.74. The molecule has 2 atom stereocenters. The molecule has 1 aromatic rings. The highest BCUT2D eigenvalue weighted by molar-refractivity contribution is 5.23. The van der Waals surface area contributed by atoms with Crippen molar-refractivity contribution in [2.45, 2.75) is 44.1 Å². The fourth-order valence-corrected chi connectivity index (χ4v) is 2.74. The third-order valence-electron chi connectivity index (χ3n) is 3.73. The van der Waals surface area contributed by atoms with E-state index in [4.69, 9.17) is 0 Å². The second kappa shape index (κ2) is 5.58. The number of hydrogen-bond acceptors (Lipinski definition) is 1. The second-order valence-electron chi connectivity index (χ2n) is 4.87. The van der Waals surface area contributed by atoms with Crippen LogP contribution in [0.25, 0.3) is 0 Å². The van der Waals surface area contributed by atoms with E-state index in [2.05, 4.69) is 5.32 Å². The average molecular weight is 239 g/mol. The molecule has 1 aliphatic rings. The van der Waals surface area contributed by atoms with Gasteiger partial charge in [0.05, 0.1) is 0 Å². The molecule has 0 aliphatic heterocycles. The quantitative estimate of drug-likeness (QED) is 0.777. The predicted octanol–water partition coefficient (Wildman–Crippen LogP) is 3.60. The summed E-state index contributed by atoms with van der Waals surface area (Å²) in [7, 11) is 1.95. The molecule has 1 aliphatic carbocycles. The van der Waals surface area contributed by atoms with E-state index < -0.39 is 11.6 Å². The van der Waals surface area contributed by atoms with Crippen molar-refractivity contribution in [2.75, 3.05) is 7.05 Å². The lowest BCUT2D eigenvalue weighted by molar-refractivity contribution is 0.458. The molecule has 0 aromatic heterocycles. The molecule has 1 saturated carbocycles. The minimum atomic E-state index is -0.495. The normalized spacial score (nSPS) is 25.6. The molecule has 1 fully saturated rings. The van der Waals surface area contributed by atoms with E-state index in [1.807, 2.05) is 7.05 Å². The summed E-state index contributed by atoms with van der Waals surface area (Å²) >= 11 is 0. The number of halogens is 2. The Morgan fingerprint density at radius 2 is 1.94 bits per heavy atom. The van der Waals surface area contributed by atoms with Crippen molar-refractivity contribution < 1.29 is 8.78 Å². The molecule has 1 nitrogen and oxygen atoms in total. The van der Waals surface area contributed by atoms with Gasteiger partial charge in [-0.05, 0) is 43.9 Å². The van der Waals surface area contributed by atoms with Gasteiger partial charge in [0.1, 0.15) is 11.6 Å². The fraction of sp³-hybridized carbons (Fsp3) is 0.571. The first-order valence-corrected chi connectivity index (χ1v) is 6.33. The monoisotopic (exact) mass is 239 g/mol. The molecule has 3 heteroatoms. The average Bonchev–Trinajstić information content (AvgIpc) is 2.54. The van der Waals surface area contributed by atoms with Gasteiger partial charge in [-0.3, -0.25) is 0 Å². The van der Waals surface area contributed by atoms with Gasteiger partial charge in [0.15, 0.2) is 0 Å². The maximum atomic E-state index is 13.7. The molecule has 94 valence electrons. The summed E-state index contributed by atoms with van der Waals surface area (Å²) in [6.45, 7) is 0. The predicted molar refractivity (Wildman–Crippen MR) is 65.0 cm³/mol. The topological polar surface area (TPSA) is 12.0 Å². The van der Waals surface area contributed by atoms with Crippen LogP contribution < -0.4 is 5.32 Å². The Hall–Kier alpha value is -0.960. The summed E-state index contributed by atoms with van der Waals surface area (Å²) in [5.74, 6) is -0.674. The summed E-state index contributed by atoms with van der Waals surface area (Å²) in [6.07, 6.45) is 5.40. The first-order valence-electron chi connectivity index (χ1n) is 6.33. The Labute approximate surface area is 101 Å². The van der Waals surface area contributed by atoms with Crippen LogP contribution in [0.1, 0.15) is 43.6 Å². The van der Waals surface area contributed by atoms with Crippen LogP contribution in [0.4, 0.5) is 8.78 Å². The van der Waals surface area contributed by atoms with E-state index in [1.54, 1.807) is 6.07 Å². The third-order valence-corrected chi connectivity index (χ3v) is 3.73. The van der Waals surface area contributed by atoms with Crippen molar-refractivity contribution in [1.82, 2.24) is 5.32 Å². The van der Waals surface area contributed by atoms with Crippen LogP contribution in [-0.2, 0) is 0 Å². The third kappa shape index (κ3) is 3.03. The molecule has 0 saturated heterocycles. The number of hydrogen-bond donors (Lipinski definition) is 1. The number of rotatable bonds is 2. The highest BCUT2D eigenvalue weighted by Gasteiger charge is 2.22. The number of benzene rings is 1. The summed E-state index contributed by atoms with van der Waals surface area (Å²) in [6, 6.07) is 4.41. The Kier molecular flexibility index (Phi) is 4.11. The van der Waals surface area contributed by atoms with Gasteiger partial charge in [-0.2, -0.15) is 0 Å². The maximum absolute atomic E-state index is 13.7. The van der Waals surface area contributed by atoms with E-state index >= 15 is 0 Å². The van der Waals surface area contributed by atoms with Gasteiger partial charge in [0.25, 0.3) is 0 Å². The molecule has 2 unspecified atom stereocenters. The van der Waals surface area contributed by atoms with E-state index in [0.29, 0.717) is 11.6 Å². The summed E-state index contributed by atoms with van der Waals surface area (Å²) in [5, 5.41) is 3.28. The molecule has 17 heavy (non-hydrogen) atoms. The van der Waals surface area contributed by atoms with Crippen LogP contribution in [0, 0.1) is 11.6 Å². The molecule has 0 amide bonds. The van der Waals surface area contributed by atoms with Gasteiger partial charge in [-0.1, -0.05) is 18.9 Å². The first-order chi connectivity index (χ1) is 8.20. The zero-order valence-corrected chi connectivity index (χ0v) is 10.2. The Bertz CT molecular complexity index is 378. The van der Waals surface area contributed by atoms with Crippen LogP contribution >= 0.6 is 0 Å². The smallest absolute Gasteiger partial charge is 0.129 e. The lowest BCUT2D eigenvalue weighted by Crippen LogP contribution is -2.26. The van der Waals surface area contributed by atoms with Crippen molar-refractivity contribution in [2.24, 2.45) is 0 Å².